The summed E-state index contributed by atoms with van der Waals surface area (Å²) in [7, 11) is 0. The number of thiol groups is 1. The number of hydrogen-bond acceptors (Lipinski definition) is 3. The maximum absolute atomic E-state index is 8.61. The van der Waals surface area contributed by atoms with Crippen LogP contribution in [0.1, 0.15) is 12.0 Å². The van der Waals surface area contributed by atoms with Gasteiger partial charge in [0.25, 0.3) is 0 Å². The average Bonchev–Trinajstić information content (AvgIpc) is 2.07. The van der Waals surface area contributed by atoms with E-state index < -0.39 is 0 Å². The summed E-state index contributed by atoms with van der Waals surface area (Å²) in [5.41, 5.74) is 7.46. The molecule has 0 aromatic heterocycles. The Morgan fingerprint density at radius 3 is 2.75 bits per heavy atom. The van der Waals surface area contributed by atoms with Gasteiger partial charge in [0, 0.05) is 17.2 Å². The summed E-state index contributed by atoms with van der Waals surface area (Å²) in [5, 5.41) is 8.61. The van der Waals surface area contributed by atoms with Gasteiger partial charge in [-0.15, -0.1) is 12.6 Å². The minimum Gasteiger partial charge on any atom is -0.398 e. The van der Waals surface area contributed by atoms with Gasteiger partial charge in [-0.05, 0) is 30.5 Å². The molecule has 1 rings (SSSR count). The molecule has 0 spiro atoms. The Balaban J connectivity index is 2.69. The van der Waals surface area contributed by atoms with E-state index in [1.807, 2.05) is 18.2 Å². The van der Waals surface area contributed by atoms with Gasteiger partial charge in [0.15, 0.2) is 0 Å². The van der Waals surface area contributed by atoms with Crippen molar-refractivity contribution in [3.8, 4) is 0 Å². The van der Waals surface area contributed by atoms with Crippen LogP contribution in [0.25, 0.3) is 0 Å². The average molecular weight is 183 g/mol. The molecule has 0 heterocycles. The van der Waals surface area contributed by atoms with Gasteiger partial charge in [0.05, 0.1) is 0 Å². The number of aliphatic hydroxyl groups excluding tert-OH is 1. The second-order valence-electron chi connectivity index (χ2n) is 2.72. The molecule has 0 unspecified atom stereocenters. The maximum Gasteiger partial charge on any atom is 0.0449 e. The zero-order valence-electron chi connectivity index (χ0n) is 6.83. The van der Waals surface area contributed by atoms with Crippen LogP contribution >= 0.6 is 12.6 Å². The largest absolute Gasteiger partial charge is 0.398 e. The Labute approximate surface area is 77.8 Å². The fourth-order valence-electron chi connectivity index (χ4n) is 1.03. The van der Waals surface area contributed by atoms with E-state index in [0.29, 0.717) is 5.69 Å². The molecule has 0 amide bonds. The summed E-state index contributed by atoms with van der Waals surface area (Å²) in [6.07, 6.45) is 1.67. The Morgan fingerprint density at radius 1 is 1.42 bits per heavy atom. The third-order valence-electron chi connectivity index (χ3n) is 1.72. The standard InChI is InChI=1S/C9H13NOS/c10-8-4-3-7(2-1-5-11)6-9(8)12/h3-4,6,11-12H,1-2,5,10H2. The second-order valence-corrected chi connectivity index (χ2v) is 3.20. The zero-order valence-corrected chi connectivity index (χ0v) is 7.72. The van der Waals surface area contributed by atoms with Crippen LogP contribution in [-0.4, -0.2) is 11.7 Å². The molecule has 3 heteroatoms. The third-order valence-corrected chi connectivity index (χ3v) is 2.11. The van der Waals surface area contributed by atoms with Crippen LogP contribution in [0.5, 0.6) is 0 Å². The maximum atomic E-state index is 8.61. The highest BCUT2D eigenvalue weighted by molar-refractivity contribution is 7.80. The van der Waals surface area contributed by atoms with Gasteiger partial charge < -0.3 is 10.8 Å². The Kier molecular flexibility index (Phi) is 3.44. The van der Waals surface area contributed by atoms with Crippen molar-refractivity contribution in [2.45, 2.75) is 17.7 Å². The van der Waals surface area contributed by atoms with Gasteiger partial charge in [-0.1, -0.05) is 6.07 Å². The van der Waals surface area contributed by atoms with Gasteiger partial charge in [0.2, 0.25) is 0 Å². The van der Waals surface area contributed by atoms with Gasteiger partial charge in [-0.3, -0.25) is 0 Å². The van der Waals surface area contributed by atoms with Gasteiger partial charge in [-0.2, -0.15) is 0 Å². The SMILES string of the molecule is Nc1ccc(CCCO)cc1S. The number of benzene rings is 1. The molecule has 12 heavy (non-hydrogen) atoms. The summed E-state index contributed by atoms with van der Waals surface area (Å²) < 4.78 is 0. The molecule has 0 aliphatic rings. The van der Waals surface area contributed by atoms with Crippen LogP contribution < -0.4 is 5.73 Å². The highest BCUT2D eigenvalue weighted by Crippen LogP contribution is 2.18. The number of anilines is 1. The Morgan fingerprint density at radius 2 is 2.17 bits per heavy atom. The molecule has 0 fully saturated rings. The summed E-state index contributed by atoms with van der Waals surface area (Å²) in [6, 6.07) is 5.74. The first-order chi connectivity index (χ1) is 5.74. The number of hydrogen-bond donors (Lipinski definition) is 3. The smallest absolute Gasteiger partial charge is 0.0449 e. The third kappa shape index (κ3) is 2.43. The lowest BCUT2D eigenvalue weighted by Crippen LogP contribution is -1.92. The first-order valence-electron chi connectivity index (χ1n) is 3.92. The van der Waals surface area contributed by atoms with E-state index in [4.69, 9.17) is 10.8 Å². The predicted octanol–water partition coefficient (Wildman–Crippen LogP) is 1.48. The van der Waals surface area contributed by atoms with Crippen molar-refractivity contribution < 1.29 is 5.11 Å². The highest BCUT2D eigenvalue weighted by Gasteiger charge is 1.96. The number of aryl methyl sites for hydroxylation is 1. The quantitative estimate of drug-likeness (QED) is 0.491. The zero-order chi connectivity index (χ0) is 8.97. The van der Waals surface area contributed by atoms with E-state index in [0.717, 1.165) is 17.7 Å². The lowest BCUT2D eigenvalue weighted by Gasteiger charge is -2.02. The van der Waals surface area contributed by atoms with E-state index in [1.165, 1.54) is 5.56 Å². The van der Waals surface area contributed by atoms with E-state index in [-0.39, 0.29) is 6.61 Å². The molecular weight excluding hydrogens is 170 g/mol. The van der Waals surface area contributed by atoms with Crippen molar-refractivity contribution in [3.63, 3.8) is 0 Å². The highest BCUT2D eigenvalue weighted by atomic mass is 32.1. The minimum absolute atomic E-state index is 0.228. The van der Waals surface area contributed by atoms with Crippen molar-refractivity contribution in [1.29, 1.82) is 0 Å². The van der Waals surface area contributed by atoms with Crippen molar-refractivity contribution in [3.05, 3.63) is 23.8 Å². The number of rotatable bonds is 3. The normalized spacial score (nSPS) is 10.2. The van der Waals surface area contributed by atoms with Crippen LogP contribution in [0.3, 0.4) is 0 Å². The van der Waals surface area contributed by atoms with Gasteiger partial charge in [-0.25, -0.2) is 0 Å². The van der Waals surface area contributed by atoms with Crippen molar-refractivity contribution in [2.24, 2.45) is 0 Å². The molecule has 0 radical (unpaired) electrons. The van der Waals surface area contributed by atoms with Crippen molar-refractivity contribution >= 4 is 18.3 Å². The molecule has 0 atom stereocenters. The molecule has 3 N–H and O–H groups in total. The molecule has 0 bridgehead atoms. The summed E-state index contributed by atoms with van der Waals surface area (Å²) in [4.78, 5) is 0.811. The van der Waals surface area contributed by atoms with Crippen molar-refractivity contribution in [2.75, 3.05) is 12.3 Å². The van der Waals surface area contributed by atoms with E-state index >= 15 is 0 Å². The summed E-state index contributed by atoms with van der Waals surface area (Å²) >= 11 is 4.20. The van der Waals surface area contributed by atoms with Crippen LogP contribution in [0.4, 0.5) is 5.69 Å². The lowest BCUT2D eigenvalue weighted by atomic mass is 10.1. The molecular formula is C9H13NOS. The molecule has 2 nitrogen and oxygen atoms in total. The second kappa shape index (κ2) is 4.38. The molecule has 0 aliphatic heterocycles. The molecule has 0 saturated heterocycles. The fraction of sp³-hybridized carbons (Fsp3) is 0.333. The monoisotopic (exact) mass is 183 g/mol. The predicted molar refractivity (Wildman–Crippen MR) is 53.5 cm³/mol. The van der Waals surface area contributed by atoms with Crippen LogP contribution in [0.15, 0.2) is 23.1 Å². The molecule has 0 saturated carbocycles. The summed E-state index contributed by atoms with van der Waals surface area (Å²) in [6.45, 7) is 0.228. The fourth-order valence-corrected chi connectivity index (χ4v) is 1.27. The molecule has 1 aromatic carbocycles. The van der Waals surface area contributed by atoms with Crippen LogP contribution in [0.2, 0.25) is 0 Å². The lowest BCUT2D eigenvalue weighted by molar-refractivity contribution is 0.288. The number of nitrogens with two attached hydrogens (primary N) is 1. The first kappa shape index (κ1) is 9.42. The van der Waals surface area contributed by atoms with Crippen LogP contribution in [0, 0.1) is 0 Å². The topological polar surface area (TPSA) is 46.2 Å². The Hall–Kier alpha value is -0.670. The Bertz CT molecular complexity index is 263. The number of aliphatic hydroxyl groups is 1. The molecule has 66 valence electrons. The number of nitrogen functional groups attached to an aromatic ring is 1. The van der Waals surface area contributed by atoms with E-state index in [9.17, 15) is 0 Å². The van der Waals surface area contributed by atoms with Gasteiger partial charge in [0.1, 0.15) is 0 Å². The van der Waals surface area contributed by atoms with Crippen LogP contribution in [-0.2, 0) is 6.42 Å². The first-order valence-corrected chi connectivity index (χ1v) is 4.37. The molecule has 1 aromatic rings. The summed E-state index contributed by atoms with van der Waals surface area (Å²) in [5.74, 6) is 0. The van der Waals surface area contributed by atoms with E-state index in [1.54, 1.807) is 0 Å². The van der Waals surface area contributed by atoms with E-state index in [2.05, 4.69) is 12.6 Å². The van der Waals surface area contributed by atoms with Crippen molar-refractivity contribution in [1.82, 2.24) is 0 Å². The van der Waals surface area contributed by atoms with Gasteiger partial charge >= 0.3 is 0 Å². The molecule has 0 aliphatic carbocycles. The minimum atomic E-state index is 0.228.